The topological polar surface area (TPSA) is 78.4 Å². The van der Waals surface area contributed by atoms with Crippen LogP contribution >= 0.6 is 0 Å². The molecule has 5 nitrogen and oxygen atoms in total. The first kappa shape index (κ1) is 17.7. The summed E-state index contributed by atoms with van der Waals surface area (Å²) in [7, 11) is 0. The fourth-order valence-corrected chi connectivity index (χ4v) is 2.38. The van der Waals surface area contributed by atoms with Gasteiger partial charge < -0.3 is 15.7 Å². The number of alkyl halides is 3. The van der Waals surface area contributed by atoms with Crippen LogP contribution in [-0.2, 0) is 9.59 Å². The monoisotopic (exact) mass is 310 g/mol. The van der Waals surface area contributed by atoms with Crippen molar-refractivity contribution in [1.82, 2.24) is 10.6 Å². The second-order valence-corrected chi connectivity index (χ2v) is 5.32. The van der Waals surface area contributed by atoms with E-state index in [0.717, 1.165) is 0 Å². The minimum absolute atomic E-state index is 0.0925. The van der Waals surface area contributed by atoms with Crippen molar-refractivity contribution in [2.75, 3.05) is 19.6 Å². The lowest BCUT2D eigenvalue weighted by molar-refractivity contribution is -0.216. The Morgan fingerprint density at radius 3 is 2.38 bits per heavy atom. The Morgan fingerprint density at radius 2 is 1.86 bits per heavy atom. The van der Waals surface area contributed by atoms with Crippen LogP contribution in [0.4, 0.5) is 13.2 Å². The molecule has 1 amide bonds. The highest BCUT2D eigenvalue weighted by Gasteiger charge is 2.61. The lowest BCUT2D eigenvalue weighted by Crippen LogP contribution is -2.52. The van der Waals surface area contributed by atoms with Gasteiger partial charge in [0.05, 0.1) is 0 Å². The van der Waals surface area contributed by atoms with E-state index in [1.165, 1.54) is 0 Å². The zero-order valence-electron chi connectivity index (χ0n) is 11.8. The summed E-state index contributed by atoms with van der Waals surface area (Å²) < 4.78 is 39.2. The van der Waals surface area contributed by atoms with Crippen molar-refractivity contribution in [1.29, 1.82) is 0 Å². The van der Waals surface area contributed by atoms with Crippen molar-refractivity contribution in [2.45, 2.75) is 44.7 Å². The van der Waals surface area contributed by atoms with Crippen LogP contribution in [0, 0.1) is 5.41 Å². The Hall–Kier alpha value is -1.31. The van der Waals surface area contributed by atoms with Gasteiger partial charge in [-0.3, -0.25) is 9.59 Å². The number of carbonyl (C=O) groups is 2. The number of carboxylic acids is 1. The van der Waals surface area contributed by atoms with E-state index >= 15 is 0 Å². The van der Waals surface area contributed by atoms with Crippen LogP contribution in [0.2, 0.25) is 0 Å². The number of hydrogen-bond donors (Lipinski definition) is 3. The Bertz CT molecular complexity index is 366. The van der Waals surface area contributed by atoms with Crippen LogP contribution in [0.1, 0.15) is 38.5 Å². The number of unbranched alkanes of at least 4 members (excludes halogenated alkanes) is 3. The maximum absolute atomic E-state index is 13.1. The lowest BCUT2D eigenvalue weighted by atomic mass is 9.85. The number of amides is 1. The Balaban J connectivity index is 2.28. The predicted octanol–water partition coefficient (Wildman–Crippen LogP) is 1.68. The molecule has 1 atom stereocenters. The average molecular weight is 310 g/mol. The molecule has 0 bridgehead atoms. The van der Waals surface area contributed by atoms with Gasteiger partial charge in [0.25, 0.3) is 0 Å². The summed E-state index contributed by atoms with van der Waals surface area (Å²) >= 11 is 0. The first-order valence-electron chi connectivity index (χ1n) is 7.07. The first-order chi connectivity index (χ1) is 9.79. The Kier molecular flexibility index (Phi) is 6.44. The van der Waals surface area contributed by atoms with E-state index in [9.17, 15) is 22.8 Å². The van der Waals surface area contributed by atoms with Crippen LogP contribution in [0.3, 0.4) is 0 Å². The van der Waals surface area contributed by atoms with E-state index in [1.54, 1.807) is 0 Å². The van der Waals surface area contributed by atoms with Crippen LogP contribution < -0.4 is 10.6 Å². The molecule has 8 heteroatoms. The van der Waals surface area contributed by atoms with Gasteiger partial charge >= 0.3 is 12.1 Å². The maximum atomic E-state index is 13.1. The smallest absolute Gasteiger partial charge is 0.404 e. The van der Waals surface area contributed by atoms with Gasteiger partial charge in [0.2, 0.25) is 5.91 Å². The van der Waals surface area contributed by atoms with Crippen LogP contribution in [-0.4, -0.2) is 42.8 Å². The second kappa shape index (κ2) is 7.63. The predicted molar refractivity (Wildman–Crippen MR) is 69.7 cm³/mol. The molecule has 0 radical (unpaired) electrons. The number of halogens is 3. The van der Waals surface area contributed by atoms with E-state index in [4.69, 9.17) is 5.11 Å². The molecule has 0 spiro atoms. The first-order valence-corrected chi connectivity index (χ1v) is 7.07. The van der Waals surface area contributed by atoms with Crippen molar-refractivity contribution in [3.05, 3.63) is 0 Å². The summed E-state index contributed by atoms with van der Waals surface area (Å²) in [6.45, 7) is -0.00714. The zero-order valence-corrected chi connectivity index (χ0v) is 11.8. The molecular formula is C13H21F3N2O3. The molecule has 0 aromatic rings. The molecule has 21 heavy (non-hydrogen) atoms. The summed E-state index contributed by atoms with van der Waals surface area (Å²) in [6, 6.07) is 0. The molecule has 1 aliphatic rings. The maximum Gasteiger partial charge on any atom is 0.404 e. The number of aliphatic carboxylic acids is 1. The molecule has 1 rings (SSSR count). The van der Waals surface area contributed by atoms with Crippen molar-refractivity contribution in [3.63, 3.8) is 0 Å². The molecule has 0 aromatic carbocycles. The van der Waals surface area contributed by atoms with Gasteiger partial charge in [0.1, 0.15) is 0 Å². The minimum atomic E-state index is -4.55. The summed E-state index contributed by atoms with van der Waals surface area (Å²) in [4.78, 5) is 22.1. The van der Waals surface area contributed by atoms with Crippen LogP contribution in [0.5, 0.6) is 0 Å². The van der Waals surface area contributed by atoms with Gasteiger partial charge in [-0.2, -0.15) is 13.2 Å². The molecule has 1 aliphatic heterocycles. The third-order valence-electron chi connectivity index (χ3n) is 3.74. The molecule has 1 heterocycles. The quantitative estimate of drug-likeness (QED) is 0.596. The molecule has 1 unspecified atom stereocenters. The molecule has 0 aromatic heterocycles. The Labute approximate surface area is 121 Å². The number of hydrogen-bond acceptors (Lipinski definition) is 3. The molecular weight excluding hydrogens is 289 g/mol. The molecule has 1 saturated heterocycles. The van der Waals surface area contributed by atoms with E-state index in [1.807, 2.05) is 0 Å². The highest BCUT2D eigenvalue weighted by molar-refractivity contribution is 5.84. The van der Waals surface area contributed by atoms with Crippen LogP contribution in [0.15, 0.2) is 0 Å². The fraction of sp³-hybridized carbons (Fsp3) is 0.846. The van der Waals surface area contributed by atoms with Crippen molar-refractivity contribution < 1.29 is 27.9 Å². The third kappa shape index (κ3) is 4.87. The highest BCUT2D eigenvalue weighted by atomic mass is 19.4. The van der Waals surface area contributed by atoms with E-state index in [2.05, 4.69) is 10.6 Å². The summed E-state index contributed by atoms with van der Waals surface area (Å²) in [6.07, 6.45) is -2.23. The van der Waals surface area contributed by atoms with Crippen molar-refractivity contribution in [3.8, 4) is 0 Å². The largest absolute Gasteiger partial charge is 0.481 e. The van der Waals surface area contributed by atoms with Gasteiger partial charge in [-0.1, -0.05) is 12.8 Å². The molecule has 0 aliphatic carbocycles. The summed E-state index contributed by atoms with van der Waals surface area (Å²) in [5.41, 5.74) is -2.31. The SMILES string of the molecule is O=C(O)CCCCCCNC(=O)C1(C(F)(F)F)CCNC1. The van der Waals surface area contributed by atoms with Crippen molar-refractivity contribution >= 4 is 11.9 Å². The normalized spacial score (nSPS) is 22.2. The van der Waals surface area contributed by atoms with Gasteiger partial charge in [0, 0.05) is 19.5 Å². The molecule has 3 N–H and O–H groups in total. The average Bonchev–Trinajstić information content (AvgIpc) is 2.87. The standard InChI is InChI=1S/C13H21F3N2O3/c14-13(15,16)12(6-8-17-9-12)11(21)18-7-4-2-1-3-5-10(19)20/h17H,1-9H2,(H,18,21)(H,19,20). The van der Waals surface area contributed by atoms with Gasteiger partial charge in [0.15, 0.2) is 5.41 Å². The van der Waals surface area contributed by atoms with Crippen LogP contribution in [0.25, 0.3) is 0 Å². The van der Waals surface area contributed by atoms with E-state index in [0.29, 0.717) is 25.7 Å². The van der Waals surface area contributed by atoms with Crippen molar-refractivity contribution in [2.24, 2.45) is 5.41 Å². The zero-order chi connectivity index (χ0) is 15.9. The summed E-state index contributed by atoms with van der Waals surface area (Å²) in [5.74, 6) is -1.82. The van der Waals surface area contributed by atoms with Gasteiger partial charge in [-0.25, -0.2) is 0 Å². The molecule has 1 fully saturated rings. The van der Waals surface area contributed by atoms with Gasteiger partial charge in [-0.15, -0.1) is 0 Å². The van der Waals surface area contributed by atoms with E-state index < -0.39 is 23.5 Å². The fourth-order valence-electron chi connectivity index (χ4n) is 2.38. The Morgan fingerprint density at radius 1 is 1.19 bits per heavy atom. The molecule has 122 valence electrons. The number of carbonyl (C=O) groups excluding carboxylic acids is 1. The number of carboxylic acid groups (broad SMARTS) is 1. The number of rotatable bonds is 8. The number of nitrogens with one attached hydrogen (secondary N) is 2. The second-order valence-electron chi connectivity index (χ2n) is 5.32. The lowest BCUT2D eigenvalue weighted by Gasteiger charge is -2.29. The van der Waals surface area contributed by atoms with E-state index in [-0.39, 0.29) is 32.5 Å². The minimum Gasteiger partial charge on any atom is -0.481 e. The van der Waals surface area contributed by atoms with Gasteiger partial charge in [-0.05, 0) is 25.8 Å². The highest BCUT2D eigenvalue weighted by Crippen LogP contribution is 2.43. The summed E-state index contributed by atoms with van der Waals surface area (Å²) in [5, 5.41) is 13.4. The molecule has 0 saturated carbocycles. The third-order valence-corrected chi connectivity index (χ3v) is 3.74.